The first-order valence-corrected chi connectivity index (χ1v) is 48.8. The zero-order chi connectivity index (χ0) is 84.4. The number of halogens is 4. The Bertz CT molecular complexity index is 6780. The van der Waals surface area contributed by atoms with E-state index in [0.29, 0.717) is 0 Å². The molecule has 0 unspecified atom stereocenters. The molecule has 602 valence electrons. The van der Waals surface area contributed by atoms with Gasteiger partial charge >= 0.3 is 18.9 Å². The van der Waals surface area contributed by atoms with Crippen LogP contribution in [0.5, 0.6) is 0 Å². The van der Waals surface area contributed by atoms with E-state index in [2.05, 4.69) is 351 Å². The smallest absolute Gasteiger partial charge is 0.343 e. The molecule has 0 aliphatic rings. The number of fused-ring (bicyclic) bond motifs is 9. The second-order valence-electron chi connectivity index (χ2n) is 28.7. The molecule has 0 amide bonds. The predicted octanol–water partition coefficient (Wildman–Crippen LogP) is 22.7. The summed E-state index contributed by atoms with van der Waals surface area (Å²) in [6, 6.07) is 154. The summed E-state index contributed by atoms with van der Waals surface area (Å²) in [6.07, 6.45) is 2.28. The van der Waals surface area contributed by atoms with Gasteiger partial charge in [0.2, 0.25) is 0 Å². The Hall–Kier alpha value is -10.5. The van der Waals surface area contributed by atoms with Gasteiger partial charge in [0.15, 0.2) is 14.3 Å². The summed E-state index contributed by atoms with van der Waals surface area (Å²) in [4.78, 5) is 0. The van der Waals surface area contributed by atoms with Crippen molar-refractivity contribution in [3.05, 3.63) is 459 Å². The van der Waals surface area contributed by atoms with Gasteiger partial charge < -0.3 is 29.8 Å². The molecule has 123 heavy (non-hydrogen) atoms. The van der Waals surface area contributed by atoms with E-state index in [-0.39, 0.29) is 24.2 Å². The molecule has 0 aliphatic carbocycles. The summed E-state index contributed by atoms with van der Waals surface area (Å²) in [7, 11) is -7.57. The molecule has 0 radical (unpaired) electrons. The molecule has 7 nitrogen and oxygen atoms in total. The summed E-state index contributed by atoms with van der Waals surface area (Å²) in [5.74, 6) is 0. The Kier molecular flexibility index (Phi) is 30.5. The van der Waals surface area contributed by atoms with Crippen molar-refractivity contribution in [2.45, 2.75) is 19.8 Å². The van der Waals surface area contributed by atoms with Gasteiger partial charge in [0.05, 0.1) is 38.4 Å². The van der Waals surface area contributed by atoms with Crippen molar-refractivity contribution in [3.63, 3.8) is 0 Å². The molecule has 0 aliphatic heterocycles. The van der Waals surface area contributed by atoms with Crippen molar-refractivity contribution in [2.75, 3.05) is 5.34 Å². The molecule has 20 aromatic rings. The second-order valence-corrected chi connectivity index (χ2v) is 41.3. The molecular formula is C107H86Br2Cl2LiN3O4P4. The third-order valence-electron chi connectivity index (χ3n) is 21.4. The van der Waals surface area contributed by atoms with Gasteiger partial charge in [-0.2, -0.15) is 6.42 Å². The van der Waals surface area contributed by atoms with Crippen LogP contribution in [0.4, 0.5) is 0 Å². The van der Waals surface area contributed by atoms with Gasteiger partial charge in [-0.15, -0.1) is 23.2 Å². The maximum absolute atomic E-state index is 15.2. The van der Waals surface area contributed by atoms with Crippen molar-refractivity contribution >= 4 is 214 Å². The van der Waals surface area contributed by atoms with Crippen LogP contribution in [0.2, 0.25) is 0 Å². The number of alkyl halides is 2. The SMILES string of the molecule is Brc1ccc(-n2c3ccccc3c3cc(Br)ccc32)cc1.ClCCl.O=P(c1ccccc1)(c1ccccc1)c1ccc(-n2c3ccccc3c3cc(P(=O)(c4ccccc4)c4ccccc4)ccc32)cc1.OO.[CH2-]CCC.[Li+].c1ccc(P(c2ccccc2)c2ccc(-n3c4ccccc4c4cc(P(c5ccccc5)c5ccccc5)ccc43)cc2)cc1. The van der Waals surface area contributed by atoms with Crippen LogP contribution in [-0.2, 0) is 9.13 Å². The topological polar surface area (TPSA) is 89.4 Å². The minimum Gasteiger partial charge on any atom is -0.343 e. The predicted molar refractivity (Wildman–Crippen MR) is 536 cm³/mol. The van der Waals surface area contributed by atoms with E-state index in [1.54, 1.807) is 0 Å². The van der Waals surface area contributed by atoms with Gasteiger partial charge in [-0.05, 0) is 175 Å². The molecule has 2 N–H and O–H groups in total. The molecule has 20 rings (SSSR count). The third kappa shape index (κ3) is 19.1. The van der Waals surface area contributed by atoms with Crippen molar-refractivity contribution in [1.82, 2.24) is 13.7 Å². The average Bonchev–Trinajstić information content (AvgIpc) is 1.64. The van der Waals surface area contributed by atoms with Gasteiger partial charge in [-0.25, -0.2) is 0 Å². The Balaban J connectivity index is 0.000000151. The monoisotopic (exact) mass is 1840 g/mol. The number of aromatic nitrogens is 3. The number of nitrogens with zero attached hydrogens (tertiary/aromatic N) is 3. The molecule has 16 heteroatoms. The molecule has 0 atom stereocenters. The van der Waals surface area contributed by atoms with E-state index in [0.717, 1.165) is 74.7 Å². The summed E-state index contributed by atoms with van der Waals surface area (Å²) >= 11 is 16.6. The normalized spacial score (nSPS) is 11.2. The Morgan fingerprint density at radius 1 is 0.276 bits per heavy atom. The number of benzene rings is 17. The van der Waals surface area contributed by atoms with Crippen molar-refractivity contribution in [1.29, 1.82) is 0 Å². The van der Waals surface area contributed by atoms with E-state index >= 15 is 4.57 Å². The summed E-state index contributed by atoms with van der Waals surface area (Å²) in [5, 5.41) is 32.4. The number of para-hydroxylation sites is 3. The fraction of sp³-hybridized carbons (Fsp3) is 0.0374. The molecule has 0 saturated carbocycles. The number of hydrogen-bond donors (Lipinski definition) is 2. The van der Waals surface area contributed by atoms with Crippen LogP contribution in [0, 0.1) is 6.92 Å². The summed E-state index contributed by atoms with van der Waals surface area (Å²) in [5.41, 5.74) is 10.3. The quantitative estimate of drug-likeness (QED) is 0.0252. The molecule has 0 bridgehead atoms. The fourth-order valence-electron chi connectivity index (χ4n) is 15.8. The fourth-order valence-corrected chi connectivity index (χ4v) is 26.4. The molecule has 17 aromatic carbocycles. The van der Waals surface area contributed by atoms with Crippen LogP contribution in [0.3, 0.4) is 0 Å². The van der Waals surface area contributed by atoms with Gasteiger partial charge in [-0.1, -0.05) is 361 Å². The van der Waals surface area contributed by atoms with Gasteiger partial charge in [0, 0.05) is 90.2 Å². The largest absolute Gasteiger partial charge is 1.00 e. The molecule has 0 fully saturated rings. The van der Waals surface area contributed by atoms with Crippen LogP contribution < -0.4 is 82.5 Å². The van der Waals surface area contributed by atoms with Crippen LogP contribution in [0.1, 0.15) is 19.8 Å². The Morgan fingerprint density at radius 3 is 0.862 bits per heavy atom. The minimum atomic E-state index is -3.15. The van der Waals surface area contributed by atoms with E-state index in [9.17, 15) is 4.57 Å². The summed E-state index contributed by atoms with van der Waals surface area (Å²) in [6.45, 7) is 5.72. The van der Waals surface area contributed by atoms with Crippen LogP contribution in [0.15, 0.2) is 452 Å². The minimum absolute atomic E-state index is 0. The first-order chi connectivity index (χ1) is 60.0. The summed E-state index contributed by atoms with van der Waals surface area (Å²) < 4.78 is 39.4. The second kappa shape index (κ2) is 42.3. The molecule has 0 saturated heterocycles. The van der Waals surface area contributed by atoms with Crippen LogP contribution in [0.25, 0.3) is 82.5 Å². The molecular weight excluding hydrogens is 1750 g/mol. The average molecular weight is 1840 g/mol. The van der Waals surface area contributed by atoms with Crippen molar-refractivity contribution < 1.29 is 38.5 Å². The van der Waals surface area contributed by atoms with E-state index in [1.807, 2.05) is 152 Å². The maximum Gasteiger partial charge on any atom is 1.00 e. The van der Waals surface area contributed by atoms with E-state index in [4.69, 9.17) is 33.7 Å². The number of hydrogen-bond acceptors (Lipinski definition) is 4. The van der Waals surface area contributed by atoms with Crippen molar-refractivity contribution in [2.24, 2.45) is 0 Å². The zero-order valence-corrected chi connectivity index (χ0v) is 76.1. The molecule has 3 aromatic heterocycles. The standard InChI is InChI=1S/C42H31NO2P2.C42H31NP2.C18H11Br2N.C4H9.CH2Cl2.Li.H2O2/c44-46(33-15-5-1-6-16-33,34-17-7-2-8-18-34)37-27-25-32(26-28-37)43-41-24-14-13-23-39(41)40-31-38(29-30-42(40)43)47(45,35-19-9-3-10-20-35)36-21-11-4-12-22-36;1-5-15-33(16-6-1)44(34-17-7-2-8-18-34)37-27-25-32(26-28-37)43-41-24-14-13-23-39(41)40-31-38(29-30-42(40)43)45(35-19-9-3-10-20-35)36-21-11-4-12-22-36;19-12-5-8-14(9-6-12)21-17-4-2-1-3-15(17)16-11-13(20)7-10-18(16)21;1-3-4-2;2-1-3;;1-2/h1-31H;1-31H;1-11H;1,3-4H2,2H3;1H2;;1-2H/q;;;-1;;+1;. The van der Waals surface area contributed by atoms with Crippen molar-refractivity contribution in [3.8, 4) is 17.1 Å². The number of rotatable bonds is 16. The van der Waals surface area contributed by atoms with Crippen LogP contribution >= 0.6 is 85.2 Å². The number of unbranched alkanes of at least 4 members (excludes halogenated alkanes) is 1. The van der Waals surface area contributed by atoms with Gasteiger partial charge in [0.25, 0.3) is 0 Å². The third-order valence-corrected chi connectivity index (χ3v) is 33.4. The first kappa shape index (κ1) is 88.8. The zero-order valence-electron chi connectivity index (χ0n) is 67.8. The van der Waals surface area contributed by atoms with Crippen LogP contribution in [-0.4, -0.2) is 29.6 Å². The van der Waals surface area contributed by atoms with Gasteiger partial charge in [-0.3, -0.25) is 10.5 Å². The first-order valence-electron chi connectivity index (χ1n) is 40.1. The Morgan fingerprint density at radius 2 is 0.504 bits per heavy atom. The van der Waals surface area contributed by atoms with E-state index < -0.39 is 30.1 Å². The Labute approximate surface area is 760 Å². The maximum atomic E-state index is 15.2. The molecule has 3 heterocycles. The van der Waals surface area contributed by atoms with Gasteiger partial charge in [0.1, 0.15) is 0 Å². The molecule has 0 spiro atoms. The van der Waals surface area contributed by atoms with E-state index in [1.165, 1.54) is 93.2 Å².